The van der Waals surface area contributed by atoms with Gasteiger partial charge in [-0.25, -0.2) is 0 Å². The Balaban J connectivity index is 1.90. The van der Waals surface area contributed by atoms with E-state index in [4.69, 9.17) is 0 Å². The van der Waals surface area contributed by atoms with E-state index < -0.39 is 0 Å². The van der Waals surface area contributed by atoms with Gasteiger partial charge in [-0.2, -0.15) is 0 Å². The normalized spacial score (nSPS) is 21.3. The summed E-state index contributed by atoms with van der Waals surface area (Å²) in [6.07, 6.45) is 6.24. The van der Waals surface area contributed by atoms with Gasteiger partial charge in [-0.1, -0.05) is 72.3 Å². The van der Waals surface area contributed by atoms with Crippen LogP contribution in [0.2, 0.25) is 0 Å². The van der Waals surface area contributed by atoms with Crippen LogP contribution >= 0.6 is 0 Å². The van der Waals surface area contributed by atoms with Crippen molar-refractivity contribution in [1.82, 2.24) is 0 Å². The van der Waals surface area contributed by atoms with Crippen LogP contribution in [0.15, 0.2) is 66.2 Å². The molecule has 1 atom stereocenters. The topological polar surface area (TPSA) is 0 Å². The Morgan fingerprint density at radius 3 is 2.22 bits per heavy atom. The van der Waals surface area contributed by atoms with Gasteiger partial charge >= 0.3 is 0 Å². The van der Waals surface area contributed by atoms with Gasteiger partial charge in [-0.3, -0.25) is 0 Å². The third kappa shape index (κ3) is 2.38. The molecule has 18 heavy (non-hydrogen) atoms. The molecular formula is C18H18. The molecule has 0 nitrogen and oxygen atoms in total. The van der Waals surface area contributed by atoms with Crippen molar-refractivity contribution in [2.75, 3.05) is 0 Å². The van der Waals surface area contributed by atoms with Gasteiger partial charge in [0.1, 0.15) is 0 Å². The lowest BCUT2D eigenvalue weighted by Crippen LogP contribution is -1.94. The fourth-order valence-electron chi connectivity index (χ4n) is 2.87. The smallest absolute Gasteiger partial charge is 0.00516 e. The molecule has 0 N–H and O–H groups in total. The first-order valence-electron chi connectivity index (χ1n) is 6.74. The molecule has 90 valence electrons. The van der Waals surface area contributed by atoms with E-state index >= 15 is 0 Å². The summed E-state index contributed by atoms with van der Waals surface area (Å²) in [7, 11) is 0. The zero-order valence-electron chi connectivity index (χ0n) is 10.5. The summed E-state index contributed by atoms with van der Waals surface area (Å²) in [6, 6.07) is 21.6. The van der Waals surface area contributed by atoms with Crippen LogP contribution in [-0.4, -0.2) is 0 Å². The largest absolute Gasteiger partial charge is 0.0622 e. The number of benzene rings is 2. The summed E-state index contributed by atoms with van der Waals surface area (Å²) in [4.78, 5) is 0. The molecule has 3 rings (SSSR count). The summed E-state index contributed by atoms with van der Waals surface area (Å²) in [5, 5.41) is 0. The van der Waals surface area contributed by atoms with Crippen molar-refractivity contribution in [2.24, 2.45) is 0 Å². The molecule has 2 aromatic rings. The van der Waals surface area contributed by atoms with Gasteiger partial charge in [0.25, 0.3) is 0 Å². The van der Waals surface area contributed by atoms with Gasteiger partial charge in [0.15, 0.2) is 0 Å². The predicted molar refractivity (Wildman–Crippen MR) is 77.5 cm³/mol. The number of hydrogen-bond donors (Lipinski definition) is 0. The maximum absolute atomic E-state index is 2.38. The van der Waals surface area contributed by atoms with Gasteiger partial charge in [-0.15, -0.1) is 0 Å². The maximum atomic E-state index is 2.38. The Labute approximate surface area is 109 Å². The van der Waals surface area contributed by atoms with E-state index in [0.29, 0.717) is 5.92 Å². The average molecular weight is 234 g/mol. The molecule has 0 radical (unpaired) electrons. The van der Waals surface area contributed by atoms with Gasteiger partial charge < -0.3 is 0 Å². The quantitative estimate of drug-likeness (QED) is 0.683. The highest BCUT2D eigenvalue weighted by Crippen LogP contribution is 2.39. The molecule has 1 aliphatic rings. The van der Waals surface area contributed by atoms with Crippen molar-refractivity contribution in [3.05, 3.63) is 77.4 Å². The summed E-state index contributed by atoms with van der Waals surface area (Å²) < 4.78 is 0. The molecule has 0 aromatic heterocycles. The zero-order chi connectivity index (χ0) is 12.2. The van der Waals surface area contributed by atoms with Crippen molar-refractivity contribution in [1.29, 1.82) is 0 Å². The van der Waals surface area contributed by atoms with Crippen molar-refractivity contribution in [3.8, 4) is 0 Å². The minimum atomic E-state index is 0.631. The van der Waals surface area contributed by atoms with Crippen LogP contribution in [0.25, 0.3) is 6.08 Å². The average Bonchev–Trinajstić information content (AvgIpc) is 2.89. The molecule has 1 unspecified atom stereocenters. The highest BCUT2D eigenvalue weighted by molar-refractivity contribution is 5.56. The molecular weight excluding hydrogens is 216 g/mol. The Morgan fingerprint density at radius 1 is 0.833 bits per heavy atom. The number of rotatable bonds is 2. The monoisotopic (exact) mass is 234 g/mol. The Morgan fingerprint density at radius 2 is 1.50 bits per heavy atom. The van der Waals surface area contributed by atoms with Gasteiger partial charge in [0.2, 0.25) is 0 Å². The second kappa shape index (κ2) is 5.22. The van der Waals surface area contributed by atoms with E-state index in [0.717, 1.165) is 0 Å². The standard InChI is InChI=1S/C18H18/c1-3-8-15(9-4-1)14-17-12-7-13-18(17)16-10-5-2-6-11-16/h1-6,8-11,14,18H,7,12-13H2/b17-14+. The zero-order valence-corrected chi connectivity index (χ0v) is 10.5. The second-order valence-electron chi connectivity index (χ2n) is 4.99. The highest BCUT2D eigenvalue weighted by Gasteiger charge is 2.21. The van der Waals surface area contributed by atoms with Crippen LogP contribution in [0.4, 0.5) is 0 Å². The number of allylic oxidation sites excluding steroid dienone is 1. The summed E-state index contributed by atoms with van der Waals surface area (Å²) in [6.45, 7) is 0. The van der Waals surface area contributed by atoms with Crippen molar-refractivity contribution in [3.63, 3.8) is 0 Å². The van der Waals surface area contributed by atoms with E-state index in [1.807, 2.05) is 0 Å². The third-order valence-corrected chi connectivity index (χ3v) is 3.76. The van der Waals surface area contributed by atoms with Crippen LogP contribution in [-0.2, 0) is 0 Å². The lowest BCUT2D eigenvalue weighted by Gasteiger charge is -2.12. The van der Waals surface area contributed by atoms with Gasteiger partial charge in [0, 0.05) is 5.92 Å². The molecule has 0 heteroatoms. The van der Waals surface area contributed by atoms with Crippen LogP contribution in [0, 0.1) is 0 Å². The fraction of sp³-hybridized carbons (Fsp3) is 0.222. The fourth-order valence-corrected chi connectivity index (χ4v) is 2.87. The Hall–Kier alpha value is -1.82. The van der Waals surface area contributed by atoms with E-state index in [-0.39, 0.29) is 0 Å². The minimum Gasteiger partial charge on any atom is -0.0622 e. The molecule has 0 amide bonds. The summed E-state index contributed by atoms with van der Waals surface area (Å²) in [5.74, 6) is 0.631. The second-order valence-corrected chi connectivity index (χ2v) is 4.99. The predicted octanol–water partition coefficient (Wildman–Crippen LogP) is 5.04. The Kier molecular flexibility index (Phi) is 3.27. The molecule has 0 bridgehead atoms. The van der Waals surface area contributed by atoms with E-state index in [1.165, 1.54) is 30.4 Å². The molecule has 0 heterocycles. The van der Waals surface area contributed by atoms with Crippen LogP contribution in [0.5, 0.6) is 0 Å². The molecule has 1 saturated carbocycles. The molecule has 2 aromatic carbocycles. The maximum Gasteiger partial charge on any atom is 0.00516 e. The van der Waals surface area contributed by atoms with Gasteiger partial charge in [-0.05, 0) is 30.4 Å². The number of hydrogen-bond acceptors (Lipinski definition) is 0. The molecule has 0 aliphatic heterocycles. The third-order valence-electron chi connectivity index (χ3n) is 3.76. The first-order valence-corrected chi connectivity index (χ1v) is 6.74. The Bertz CT molecular complexity index is 522. The highest BCUT2D eigenvalue weighted by atomic mass is 14.3. The van der Waals surface area contributed by atoms with Crippen LogP contribution < -0.4 is 0 Å². The van der Waals surface area contributed by atoms with E-state index in [9.17, 15) is 0 Å². The summed E-state index contributed by atoms with van der Waals surface area (Å²) >= 11 is 0. The summed E-state index contributed by atoms with van der Waals surface area (Å²) in [5.41, 5.74) is 4.39. The van der Waals surface area contributed by atoms with E-state index in [1.54, 1.807) is 5.57 Å². The van der Waals surface area contributed by atoms with Crippen molar-refractivity contribution >= 4 is 6.08 Å². The molecule has 0 saturated heterocycles. The van der Waals surface area contributed by atoms with Crippen LogP contribution in [0.1, 0.15) is 36.3 Å². The lowest BCUT2D eigenvalue weighted by atomic mass is 9.92. The molecule has 1 aliphatic carbocycles. The van der Waals surface area contributed by atoms with Gasteiger partial charge in [0.05, 0.1) is 0 Å². The minimum absolute atomic E-state index is 0.631. The SMILES string of the molecule is C(=C1/CCCC1c1ccccc1)/c1ccccc1. The van der Waals surface area contributed by atoms with Crippen LogP contribution in [0.3, 0.4) is 0 Å². The lowest BCUT2D eigenvalue weighted by molar-refractivity contribution is 0.793. The molecule has 0 spiro atoms. The molecule has 1 fully saturated rings. The first kappa shape index (κ1) is 11.3. The van der Waals surface area contributed by atoms with Crippen molar-refractivity contribution in [2.45, 2.75) is 25.2 Å². The van der Waals surface area contributed by atoms with Crippen molar-refractivity contribution < 1.29 is 0 Å². The first-order chi connectivity index (χ1) is 8.93. The van der Waals surface area contributed by atoms with E-state index in [2.05, 4.69) is 66.7 Å².